The van der Waals surface area contributed by atoms with E-state index in [-0.39, 0.29) is 24.3 Å². The summed E-state index contributed by atoms with van der Waals surface area (Å²) in [6, 6.07) is 5.84. The molecule has 0 spiro atoms. The predicted octanol–water partition coefficient (Wildman–Crippen LogP) is 3.14. The van der Waals surface area contributed by atoms with E-state index in [0.717, 1.165) is 11.8 Å². The summed E-state index contributed by atoms with van der Waals surface area (Å²) < 4.78 is 15.8. The number of hydrogen-bond acceptors (Lipinski definition) is 3. The number of nitrogens with two attached hydrogens (primary N) is 1. The molecule has 2 aromatic rings. The molecule has 0 radical (unpaired) electrons. The molecule has 4 saturated carbocycles. The molecule has 2 heterocycles. The molecule has 168 valence electrons. The highest BCUT2D eigenvalue weighted by molar-refractivity contribution is 6.01. The summed E-state index contributed by atoms with van der Waals surface area (Å²) in [5.41, 5.74) is 7.65. The summed E-state index contributed by atoms with van der Waals surface area (Å²) in [6.07, 6.45) is 6.18. The minimum Gasteiger partial charge on any atom is -0.351 e. The number of urea groups is 1. The van der Waals surface area contributed by atoms with Crippen LogP contribution < -0.4 is 11.1 Å². The largest absolute Gasteiger partial charge is 0.351 e. The number of hydrogen-bond donors (Lipinski definition) is 2. The Balaban J connectivity index is 1.37. The zero-order valence-electron chi connectivity index (χ0n) is 18.0. The van der Waals surface area contributed by atoms with Crippen molar-refractivity contribution < 1.29 is 14.0 Å². The first kappa shape index (κ1) is 19.8. The third-order valence-corrected chi connectivity index (χ3v) is 8.14. The van der Waals surface area contributed by atoms with Gasteiger partial charge in [-0.1, -0.05) is 12.1 Å². The van der Waals surface area contributed by atoms with Crippen LogP contribution in [0.2, 0.25) is 0 Å². The lowest BCUT2D eigenvalue weighted by molar-refractivity contribution is -0.0119. The second kappa shape index (κ2) is 7.32. The molecule has 7 nitrogen and oxygen atoms in total. The van der Waals surface area contributed by atoms with E-state index >= 15 is 0 Å². The molecule has 3 N–H and O–H groups in total. The average Bonchev–Trinajstić information content (AvgIpc) is 3.14. The van der Waals surface area contributed by atoms with Gasteiger partial charge in [0.1, 0.15) is 11.5 Å². The number of amides is 3. The minimum absolute atomic E-state index is 0.172. The van der Waals surface area contributed by atoms with Crippen molar-refractivity contribution in [3.8, 4) is 11.3 Å². The third-order valence-electron chi connectivity index (χ3n) is 8.14. The van der Waals surface area contributed by atoms with Gasteiger partial charge in [-0.15, -0.1) is 0 Å². The van der Waals surface area contributed by atoms with Gasteiger partial charge in [-0.25, -0.2) is 9.18 Å². The standard InChI is InChI=1S/C24H28FN5O2/c25-18-3-1-2-15(11-18)22-20(19-12-29(24(26)32)4-5-30(19)28-22)23(31)27-21-16-7-13-6-14(9-16)10-17(21)8-13/h1-3,11,13-14,16-17,21H,4-10,12H2,(H2,26,32)(H,27,31). The van der Waals surface area contributed by atoms with E-state index in [0.29, 0.717) is 47.4 Å². The topological polar surface area (TPSA) is 93.2 Å². The monoisotopic (exact) mass is 437 g/mol. The molecule has 0 unspecified atom stereocenters. The van der Waals surface area contributed by atoms with Crippen LogP contribution in [-0.2, 0) is 13.1 Å². The highest BCUT2D eigenvalue weighted by Gasteiger charge is 2.49. The van der Waals surface area contributed by atoms with Crippen LogP contribution in [0.25, 0.3) is 11.3 Å². The molecular formula is C24H28FN5O2. The van der Waals surface area contributed by atoms with Crippen molar-refractivity contribution in [3.63, 3.8) is 0 Å². The van der Waals surface area contributed by atoms with Crippen LogP contribution in [0.3, 0.4) is 0 Å². The first-order chi connectivity index (χ1) is 15.5. The Morgan fingerprint density at radius 3 is 2.44 bits per heavy atom. The number of rotatable bonds is 3. The van der Waals surface area contributed by atoms with E-state index in [1.54, 1.807) is 16.8 Å². The van der Waals surface area contributed by atoms with E-state index in [1.165, 1.54) is 49.1 Å². The molecule has 1 aromatic carbocycles. The molecule has 5 aliphatic rings. The van der Waals surface area contributed by atoms with Crippen LogP contribution >= 0.6 is 0 Å². The lowest BCUT2D eigenvalue weighted by Crippen LogP contribution is -2.56. The van der Waals surface area contributed by atoms with Gasteiger partial charge in [0.05, 0.1) is 24.3 Å². The first-order valence-electron chi connectivity index (χ1n) is 11.7. The Kier molecular flexibility index (Phi) is 4.52. The van der Waals surface area contributed by atoms with Crippen LogP contribution in [0.4, 0.5) is 9.18 Å². The first-order valence-corrected chi connectivity index (χ1v) is 11.7. The fraction of sp³-hybridized carbons (Fsp3) is 0.542. The molecule has 32 heavy (non-hydrogen) atoms. The summed E-state index contributed by atoms with van der Waals surface area (Å²) in [5.74, 6) is 2.18. The lowest BCUT2D eigenvalue weighted by atomic mass is 9.54. The maximum Gasteiger partial charge on any atom is 0.315 e. The van der Waals surface area contributed by atoms with Crippen molar-refractivity contribution in [1.29, 1.82) is 0 Å². The van der Waals surface area contributed by atoms with Crippen molar-refractivity contribution >= 4 is 11.9 Å². The number of nitrogens with one attached hydrogen (secondary N) is 1. The summed E-state index contributed by atoms with van der Waals surface area (Å²) in [4.78, 5) is 27.1. The number of nitrogens with zero attached hydrogens (tertiary/aromatic N) is 3. The highest BCUT2D eigenvalue weighted by Crippen LogP contribution is 2.53. The van der Waals surface area contributed by atoms with Crippen molar-refractivity contribution in [2.24, 2.45) is 29.4 Å². The van der Waals surface area contributed by atoms with Gasteiger partial charge in [0.2, 0.25) is 0 Å². The van der Waals surface area contributed by atoms with Gasteiger partial charge >= 0.3 is 6.03 Å². The molecule has 1 aliphatic heterocycles. The molecule has 4 aliphatic carbocycles. The molecule has 7 rings (SSSR count). The molecule has 1 aromatic heterocycles. The van der Waals surface area contributed by atoms with Crippen LogP contribution in [0, 0.1) is 29.5 Å². The summed E-state index contributed by atoms with van der Waals surface area (Å²) in [6.45, 7) is 1.11. The molecule has 3 amide bonds. The number of carbonyl (C=O) groups is 2. The van der Waals surface area contributed by atoms with Gasteiger partial charge in [0, 0.05) is 18.2 Å². The Morgan fingerprint density at radius 2 is 1.78 bits per heavy atom. The Bertz CT molecular complexity index is 1070. The smallest absolute Gasteiger partial charge is 0.315 e. The number of benzene rings is 1. The Labute approximate surface area is 186 Å². The molecule has 8 heteroatoms. The number of primary amides is 1. The highest BCUT2D eigenvalue weighted by atomic mass is 19.1. The summed E-state index contributed by atoms with van der Waals surface area (Å²) >= 11 is 0. The second-order valence-electron chi connectivity index (χ2n) is 10.1. The van der Waals surface area contributed by atoms with Gasteiger partial charge in [0.15, 0.2) is 0 Å². The van der Waals surface area contributed by atoms with E-state index in [9.17, 15) is 14.0 Å². The number of aromatic nitrogens is 2. The van der Waals surface area contributed by atoms with E-state index in [2.05, 4.69) is 10.4 Å². The normalized spacial score (nSPS) is 30.3. The summed E-state index contributed by atoms with van der Waals surface area (Å²) in [5, 5.41) is 8.03. The van der Waals surface area contributed by atoms with Gasteiger partial charge in [-0.05, 0) is 67.9 Å². The second-order valence-corrected chi connectivity index (χ2v) is 10.1. The Hall–Kier alpha value is -2.90. The minimum atomic E-state index is -0.517. The fourth-order valence-electron chi connectivity index (χ4n) is 6.97. The number of fused-ring (bicyclic) bond motifs is 1. The van der Waals surface area contributed by atoms with Gasteiger partial charge in [0.25, 0.3) is 5.91 Å². The van der Waals surface area contributed by atoms with E-state index in [4.69, 9.17) is 5.73 Å². The zero-order valence-corrected chi connectivity index (χ0v) is 18.0. The Morgan fingerprint density at radius 1 is 1.06 bits per heavy atom. The maximum absolute atomic E-state index is 14.0. The molecule has 4 bridgehead atoms. The van der Waals surface area contributed by atoms with E-state index < -0.39 is 6.03 Å². The molecule has 0 atom stereocenters. The number of halogens is 1. The lowest BCUT2D eigenvalue weighted by Gasteiger charge is -2.54. The van der Waals surface area contributed by atoms with Crippen LogP contribution in [0.15, 0.2) is 24.3 Å². The van der Waals surface area contributed by atoms with Crippen LogP contribution in [0.1, 0.15) is 48.2 Å². The van der Waals surface area contributed by atoms with Gasteiger partial charge in [-0.3, -0.25) is 9.48 Å². The number of carbonyl (C=O) groups excluding carboxylic acids is 2. The molecular weight excluding hydrogens is 409 g/mol. The van der Waals surface area contributed by atoms with Gasteiger partial charge < -0.3 is 16.0 Å². The van der Waals surface area contributed by atoms with Crippen molar-refractivity contribution in [3.05, 3.63) is 41.3 Å². The average molecular weight is 438 g/mol. The third kappa shape index (κ3) is 3.19. The quantitative estimate of drug-likeness (QED) is 0.773. The predicted molar refractivity (Wildman–Crippen MR) is 116 cm³/mol. The molecule has 0 saturated heterocycles. The van der Waals surface area contributed by atoms with Gasteiger partial charge in [-0.2, -0.15) is 5.10 Å². The van der Waals surface area contributed by atoms with Crippen LogP contribution in [0.5, 0.6) is 0 Å². The van der Waals surface area contributed by atoms with Crippen LogP contribution in [-0.4, -0.2) is 39.2 Å². The zero-order chi connectivity index (χ0) is 22.0. The summed E-state index contributed by atoms with van der Waals surface area (Å²) in [7, 11) is 0. The fourth-order valence-corrected chi connectivity index (χ4v) is 6.97. The van der Waals surface area contributed by atoms with Crippen molar-refractivity contribution in [2.45, 2.75) is 51.2 Å². The SMILES string of the molecule is NC(=O)N1CCn2nc(-c3cccc(F)c3)c(C(=O)NC3C4CC5CC(C4)CC3C5)c2C1. The van der Waals surface area contributed by atoms with Crippen molar-refractivity contribution in [2.75, 3.05) is 6.54 Å². The van der Waals surface area contributed by atoms with E-state index in [1.807, 2.05) is 0 Å². The molecule has 4 fully saturated rings. The maximum atomic E-state index is 14.0. The van der Waals surface area contributed by atoms with Crippen molar-refractivity contribution in [1.82, 2.24) is 20.0 Å².